The number of likely N-dealkylation sites (N-methyl/N-ethyl adjacent to an activating group) is 2. The summed E-state index contributed by atoms with van der Waals surface area (Å²) in [6.07, 6.45) is 4.61. The van der Waals surface area contributed by atoms with Gasteiger partial charge in [0.1, 0.15) is 18.1 Å². The molecule has 1 heterocycles. The summed E-state index contributed by atoms with van der Waals surface area (Å²) in [6, 6.07) is 7.41. The van der Waals surface area contributed by atoms with Gasteiger partial charge in [-0.1, -0.05) is 64.4 Å². The molecule has 0 aliphatic carbocycles. The Labute approximate surface area is 229 Å². The van der Waals surface area contributed by atoms with Gasteiger partial charge < -0.3 is 20.0 Å². The van der Waals surface area contributed by atoms with Crippen LogP contribution in [0.4, 0.5) is 0 Å². The quantitative estimate of drug-likeness (QED) is 0.450. The van der Waals surface area contributed by atoms with Gasteiger partial charge in [0.25, 0.3) is 0 Å². The minimum absolute atomic E-state index is 0.0382. The Morgan fingerprint density at radius 2 is 1.53 bits per heavy atom. The van der Waals surface area contributed by atoms with Crippen LogP contribution in [0.5, 0.6) is 0 Å². The molecule has 0 radical (unpaired) electrons. The monoisotopic (exact) mass is 528 g/mol. The van der Waals surface area contributed by atoms with E-state index in [1.54, 1.807) is 14.1 Å². The minimum Gasteiger partial charge on any atom is -0.342 e. The number of piperidine rings is 1. The largest absolute Gasteiger partial charge is 0.342 e. The second-order valence-electron chi connectivity index (χ2n) is 11.2. The average Bonchev–Trinajstić information content (AvgIpc) is 2.92. The van der Waals surface area contributed by atoms with E-state index in [0.29, 0.717) is 25.9 Å². The van der Waals surface area contributed by atoms with Crippen LogP contribution in [0.15, 0.2) is 30.3 Å². The molecule has 1 aromatic carbocycles. The van der Waals surface area contributed by atoms with E-state index in [1.165, 1.54) is 16.7 Å². The van der Waals surface area contributed by atoms with Crippen LogP contribution in [0.1, 0.15) is 72.3 Å². The van der Waals surface area contributed by atoms with Crippen LogP contribution in [0.2, 0.25) is 0 Å². The highest BCUT2D eigenvalue weighted by Gasteiger charge is 2.37. The number of carbonyl (C=O) groups excluding carboxylic acids is 4. The molecule has 1 aliphatic rings. The number of benzene rings is 1. The van der Waals surface area contributed by atoms with Crippen molar-refractivity contribution in [3.63, 3.8) is 0 Å². The first kappa shape index (κ1) is 31.3. The van der Waals surface area contributed by atoms with Gasteiger partial charge in [-0.25, -0.2) is 0 Å². The Hall–Kier alpha value is -2.90. The summed E-state index contributed by atoms with van der Waals surface area (Å²) in [7, 11) is 3.25. The molecule has 1 saturated heterocycles. The molecule has 2 rings (SSSR count). The number of hydrogen-bond acceptors (Lipinski definition) is 4. The van der Waals surface area contributed by atoms with Gasteiger partial charge in [-0.3, -0.25) is 19.2 Å². The maximum atomic E-state index is 13.9. The van der Waals surface area contributed by atoms with E-state index in [0.717, 1.165) is 31.2 Å². The number of rotatable bonds is 12. The predicted octanol–water partition coefficient (Wildman–Crippen LogP) is 3.49. The lowest BCUT2D eigenvalue weighted by molar-refractivity contribution is -0.148. The lowest BCUT2D eigenvalue weighted by Crippen LogP contribution is -2.59. The summed E-state index contributed by atoms with van der Waals surface area (Å²) < 4.78 is 0. The van der Waals surface area contributed by atoms with Gasteiger partial charge in [0, 0.05) is 40.5 Å². The van der Waals surface area contributed by atoms with Gasteiger partial charge in [0.15, 0.2) is 0 Å². The zero-order valence-corrected chi connectivity index (χ0v) is 24.4. The Balaban J connectivity index is 2.31. The molecule has 0 spiro atoms. The van der Waals surface area contributed by atoms with Crippen molar-refractivity contribution in [2.24, 2.45) is 11.8 Å². The molecular weight excluding hydrogens is 480 g/mol. The van der Waals surface area contributed by atoms with Crippen LogP contribution in [-0.2, 0) is 25.6 Å². The third-order valence-corrected chi connectivity index (χ3v) is 7.78. The highest BCUT2D eigenvalue weighted by molar-refractivity contribution is 5.94. The molecule has 0 saturated carbocycles. The highest BCUT2D eigenvalue weighted by Crippen LogP contribution is 2.19. The van der Waals surface area contributed by atoms with Crippen LogP contribution >= 0.6 is 0 Å². The second-order valence-corrected chi connectivity index (χ2v) is 11.2. The van der Waals surface area contributed by atoms with Gasteiger partial charge in [-0.05, 0) is 43.1 Å². The Kier molecular flexibility index (Phi) is 12.3. The van der Waals surface area contributed by atoms with Crippen molar-refractivity contribution >= 4 is 23.6 Å². The van der Waals surface area contributed by atoms with Crippen molar-refractivity contribution in [1.82, 2.24) is 20.0 Å². The predicted molar refractivity (Wildman–Crippen MR) is 150 cm³/mol. The summed E-state index contributed by atoms with van der Waals surface area (Å²) >= 11 is 0. The molecule has 1 aromatic rings. The number of likely N-dealkylation sites (tertiary alicyclic amines) is 1. The SMILES string of the molecule is CC[C@H](C)[C@H](NC(=O)[C@H](CC(C)C)N(C)C(=O)[C@H](Cc1ccccc1)N(C)C(C)=O)C(=O)N1CCCCC1. The molecule has 8 nitrogen and oxygen atoms in total. The molecule has 1 aliphatic heterocycles. The van der Waals surface area contributed by atoms with E-state index in [9.17, 15) is 19.2 Å². The smallest absolute Gasteiger partial charge is 0.246 e. The van der Waals surface area contributed by atoms with Gasteiger partial charge >= 0.3 is 0 Å². The lowest BCUT2D eigenvalue weighted by atomic mass is 9.95. The van der Waals surface area contributed by atoms with Crippen molar-refractivity contribution in [1.29, 1.82) is 0 Å². The zero-order valence-electron chi connectivity index (χ0n) is 24.4. The third kappa shape index (κ3) is 8.57. The molecule has 0 aromatic heterocycles. The lowest BCUT2D eigenvalue weighted by Gasteiger charge is -2.37. The molecule has 8 heteroatoms. The molecule has 0 unspecified atom stereocenters. The van der Waals surface area contributed by atoms with Gasteiger partial charge in [0.2, 0.25) is 23.6 Å². The van der Waals surface area contributed by atoms with Crippen LogP contribution in [0.25, 0.3) is 0 Å². The fourth-order valence-corrected chi connectivity index (χ4v) is 4.97. The van der Waals surface area contributed by atoms with Crippen LogP contribution in [0.3, 0.4) is 0 Å². The third-order valence-electron chi connectivity index (χ3n) is 7.78. The molecule has 212 valence electrons. The normalized spacial score (nSPS) is 16.8. The Morgan fingerprint density at radius 1 is 0.921 bits per heavy atom. The minimum atomic E-state index is -0.762. The van der Waals surface area contributed by atoms with E-state index in [-0.39, 0.29) is 35.5 Å². The molecule has 1 fully saturated rings. The van der Waals surface area contributed by atoms with Crippen molar-refractivity contribution in [2.45, 2.75) is 91.3 Å². The number of carbonyl (C=O) groups is 4. The maximum Gasteiger partial charge on any atom is 0.246 e. The number of nitrogens with one attached hydrogen (secondary N) is 1. The Bertz CT molecular complexity index is 929. The van der Waals surface area contributed by atoms with E-state index in [2.05, 4.69) is 5.32 Å². The average molecular weight is 529 g/mol. The fraction of sp³-hybridized carbons (Fsp3) is 0.667. The number of hydrogen-bond donors (Lipinski definition) is 1. The topological polar surface area (TPSA) is 90.0 Å². The second kappa shape index (κ2) is 14.9. The summed E-state index contributed by atoms with van der Waals surface area (Å²) in [5.41, 5.74) is 0.932. The fourth-order valence-electron chi connectivity index (χ4n) is 4.97. The molecule has 38 heavy (non-hydrogen) atoms. The van der Waals surface area contributed by atoms with Crippen molar-refractivity contribution in [3.8, 4) is 0 Å². The first-order valence-electron chi connectivity index (χ1n) is 14.1. The van der Waals surface area contributed by atoms with Crippen LogP contribution in [0, 0.1) is 11.8 Å². The van der Waals surface area contributed by atoms with Gasteiger partial charge in [-0.2, -0.15) is 0 Å². The summed E-state index contributed by atoms with van der Waals surface area (Å²) in [5.74, 6) is -0.781. The van der Waals surface area contributed by atoms with Crippen molar-refractivity contribution < 1.29 is 19.2 Å². The molecule has 1 N–H and O–H groups in total. The summed E-state index contributed by atoms with van der Waals surface area (Å²) in [4.78, 5) is 58.1. The molecule has 4 atom stereocenters. The van der Waals surface area contributed by atoms with E-state index in [1.807, 2.05) is 62.9 Å². The number of nitrogens with zero attached hydrogens (tertiary/aromatic N) is 3. The van der Waals surface area contributed by atoms with Crippen molar-refractivity contribution in [3.05, 3.63) is 35.9 Å². The zero-order chi connectivity index (χ0) is 28.4. The standard InChI is InChI=1S/C30H48N4O4/c1-8-22(4)27(30(38)34-17-13-10-14-18-34)31-28(36)25(19-21(2)3)33(7)29(37)26(32(6)23(5)35)20-24-15-11-9-12-16-24/h9,11-12,15-16,21-22,25-27H,8,10,13-14,17-20H2,1-7H3,(H,31,36)/t22-,25-,26-,27-/m0/s1. The first-order chi connectivity index (χ1) is 18.0. The molecule has 4 amide bonds. The Morgan fingerprint density at radius 3 is 2.05 bits per heavy atom. The molecule has 0 bridgehead atoms. The van der Waals surface area contributed by atoms with Gasteiger partial charge in [0.05, 0.1) is 0 Å². The maximum absolute atomic E-state index is 13.9. The van der Waals surface area contributed by atoms with Crippen LogP contribution in [-0.4, -0.2) is 83.6 Å². The van der Waals surface area contributed by atoms with Gasteiger partial charge in [-0.15, -0.1) is 0 Å². The van der Waals surface area contributed by atoms with E-state index >= 15 is 0 Å². The molecular formula is C30H48N4O4. The van der Waals surface area contributed by atoms with Crippen LogP contribution < -0.4 is 5.32 Å². The van der Waals surface area contributed by atoms with E-state index in [4.69, 9.17) is 0 Å². The number of amides is 4. The summed E-state index contributed by atoms with van der Waals surface area (Å²) in [5, 5.41) is 3.04. The first-order valence-corrected chi connectivity index (χ1v) is 14.1. The summed E-state index contributed by atoms with van der Waals surface area (Å²) in [6.45, 7) is 10.9. The highest BCUT2D eigenvalue weighted by atomic mass is 16.2. The van der Waals surface area contributed by atoms with Crippen molar-refractivity contribution in [2.75, 3.05) is 27.2 Å². The van der Waals surface area contributed by atoms with E-state index < -0.39 is 18.1 Å².